The molecule has 0 bridgehead atoms. The van der Waals surface area contributed by atoms with Crippen molar-refractivity contribution in [3.05, 3.63) is 53.8 Å². The zero-order valence-corrected chi connectivity index (χ0v) is 19.8. The SMILES string of the molecule is CC(C)CC(NC(=O)c1ccco1)C(=O)N[C@@H]1CCCN(S(=O)(=O)c2cccc[n+]2[O-])CC1=O. The number of aromatic nitrogens is 1. The Hall–Kier alpha value is -3.25. The van der Waals surface area contributed by atoms with Crippen LogP contribution in [-0.4, -0.2) is 55.5 Å². The van der Waals surface area contributed by atoms with Crippen LogP contribution in [0.4, 0.5) is 0 Å². The van der Waals surface area contributed by atoms with Crippen molar-refractivity contribution in [3.63, 3.8) is 0 Å². The van der Waals surface area contributed by atoms with Gasteiger partial charge in [-0.05, 0) is 43.4 Å². The summed E-state index contributed by atoms with van der Waals surface area (Å²) in [7, 11) is -4.19. The van der Waals surface area contributed by atoms with Gasteiger partial charge in [-0.25, -0.2) is 8.42 Å². The number of Topliss-reactive ketones (excluding diaryl/α,β-unsaturated/α-hetero) is 1. The van der Waals surface area contributed by atoms with Gasteiger partial charge in [-0.1, -0.05) is 13.8 Å². The number of nitrogens with zero attached hydrogens (tertiary/aromatic N) is 2. The molecule has 2 atom stereocenters. The first-order chi connectivity index (χ1) is 16.1. The summed E-state index contributed by atoms with van der Waals surface area (Å²) in [4.78, 5) is 38.2. The van der Waals surface area contributed by atoms with Crippen LogP contribution in [0.1, 0.15) is 43.7 Å². The molecule has 0 aromatic carbocycles. The van der Waals surface area contributed by atoms with Crippen molar-refractivity contribution >= 4 is 27.6 Å². The quantitative estimate of drug-likeness (QED) is 0.404. The lowest BCUT2D eigenvalue weighted by Crippen LogP contribution is -2.52. The first-order valence-corrected chi connectivity index (χ1v) is 12.4. The highest BCUT2D eigenvalue weighted by atomic mass is 32.2. The molecule has 2 amide bonds. The molecule has 1 saturated heterocycles. The Morgan fingerprint density at radius 2 is 2.03 bits per heavy atom. The molecular formula is C22H28N4O7S. The maximum absolute atomic E-state index is 13.0. The van der Waals surface area contributed by atoms with E-state index in [4.69, 9.17) is 4.42 Å². The number of amides is 2. The molecule has 1 aliphatic heterocycles. The van der Waals surface area contributed by atoms with Crippen molar-refractivity contribution in [2.45, 2.75) is 50.2 Å². The van der Waals surface area contributed by atoms with E-state index in [0.29, 0.717) is 12.8 Å². The Morgan fingerprint density at radius 3 is 2.68 bits per heavy atom. The predicted octanol–water partition coefficient (Wildman–Crippen LogP) is 0.596. The average Bonchev–Trinajstić information content (AvgIpc) is 3.25. The van der Waals surface area contributed by atoms with Crippen LogP contribution in [0.2, 0.25) is 0 Å². The van der Waals surface area contributed by atoms with Gasteiger partial charge in [0, 0.05) is 18.7 Å². The summed E-state index contributed by atoms with van der Waals surface area (Å²) >= 11 is 0. The molecule has 1 aliphatic rings. The third-order valence-electron chi connectivity index (χ3n) is 5.40. The molecule has 2 aromatic rings. The summed E-state index contributed by atoms with van der Waals surface area (Å²) in [6.07, 6.45) is 3.28. The minimum atomic E-state index is -4.19. The zero-order chi connectivity index (χ0) is 24.9. The smallest absolute Gasteiger partial charge is 0.323 e. The van der Waals surface area contributed by atoms with Gasteiger partial charge in [0.2, 0.25) is 5.91 Å². The Morgan fingerprint density at radius 1 is 1.26 bits per heavy atom. The molecule has 3 heterocycles. The van der Waals surface area contributed by atoms with Gasteiger partial charge in [0.15, 0.2) is 17.7 Å². The first-order valence-electron chi connectivity index (χ1n) is 11.0. The summed E-state index contributed by atoms with van der Waals surface area (Å²) in [5.74, 6) is -1.46. The minimum Gasteiger partial charge on any atom is -0.618 e. The Kier molecular flexibility index (Phi) is 8.05. The number of nitrogens with one attached hydrogen (secondary N) is 2. The second-order valence-electron chi connectivity index (χ2n) is 8.51. The summed E-state index contributed by atoms with van der Waals surface area (Å²) in [5, 5.41) is 16.8. The number of hydrogen-bond donors (Lipinski definition) is 2. The van der Waals surface area contributed by atoms with Crippen LogP contribution in [0.5, 0.6) is 0 Å². The number of carbonyl (C=O) groups excluding carboxylic acids is 3. The number of pyridine rings is 1. The molecule has 0 aliphatic carbocycles. The van der Waals surface area contributed by atoms with E-state index in [2.05, 4.69) is 10.6 Å². The Bertz CT molecular complexity index is 1130. The lowest BCUT2D eigenvalue weighted by Gasteiger charge is -2.23. The van der Waals surface area contributed by atoms with Crippen molar-refractivity contribution in [2.24, 2.45) is 5.92 Å². The van der Waals surface area contributed by atoms with E-state index < -0.39 is 51.3 Å². The molecule has 2 N–H and O–H groups in total. The second kappa shape index (κ2) is 10.8. The zero-order valence-electron chi connectivity index (χ0n) is 19.0. The largest absolute Gasteiger partial charge is 0.618 e. The van der Waals surface area contributed by atoms with Gasteiger partial charge >= 0.3 is 15.0 Å². The molecule has 12 heteroatoms. The van der Waals surface area contributed by atoms with E-state index in [1.807, 2.05) is 13.8 Å². The summed E-state index contributed by atoms with van der Waals surface area (Å²) in [5.41, 5.74) is 0. The van der Waals surface area contributed by atoms with Crippen molar-refractivity contribution in [1.82, 2.24) is 14.9 Å². The molecule has 184 valence electrons. The topological polar surface area (TPSA) is 153 Å². The normalized spacial score (nSPS) is 18.3. The van der Waals surface area contributed by atoms with E-state index in [9.17, 15) is 28.0 Å². The van der Waals surface area contributed by atoms with E-state index in [-0.39, 0.29) is 29.4 Å². The fourth-order valence-corrected chi connectivity index (χ4v) is 5.18. The molecule has 0 radical (unpaired) electrons. The molecule has 34 heavy (non-hydrogen) atoms. The van der Waals surface area contributed by atoms with Gasteiger partial charge in [-0.2, -0.15) is 9.04 Å². The third-order valence-corrected chi connectivity index (χ3v) is 7.24. The highest BCUT2D eigenvalue weighted by Crippen LogP contribution is 2.17. The van der Waals surface area contributed by atoms with Crippen molar-refractivity contribution < 1.29 is 31.9 Å². The molecule has 3 rings (SSSR count). The van der Waals surface area contributed by atoms with Crippen LogP contribution in [0.15, 0.2) is 52.2 Å². The number of furan rings is 1. The van der Waals surface area contributed by atoms with E-state index in [1.54, 1.807) is 6.07 Å². The first kappa shape index (κ1) is 25.4. The van der Waals surface area contributed by atoms with Crippen LogP contribution >= 0.6 is 0 Å². The van der Waals surface area contributed by atoms with Gasteiger partial charge in [-0.15, -0.1) is 0 Å². The van der Waals surface area contributed by atoms with Crippen molar-refractivity contribution in [3.8, 4) is 0 Å². The van der Waals surface area contributed by atoms with E-state index >= 15 is 0 Å². The standard InChI is InChI=1S/C22H28N4O7S/c1-15(2)13-17(24-22(29)19-8-6-12-33-19)21(28)23-16-7-5-10-25(14-18(16)27)34(31,32)20-9-3-4-11-26(20)30/h3-4,6,8-9,11-12,15-17H,5,7,10,13-14H2,1-2H3,(H,23,28)(H,24,29)/t16-,17?/m1/s1. The number of carbonyl (C=O) groups is 3. The van der Waals surface area contributed by atoms with Gasteiger partial charge in [-0.3, -0.25) is 14.4 Å². The highest BCUT2D eigenvalue weighted by molar-refractivity contribution is 7.89. The molecule has 0 spiro atoms. The lowest BCUT2D eigenvalue weighted by atomic mass is 10.0. The Labute approximate surface area is 197 Å². The molecule has 2 aromatic heterocycles. The van der Waals surface area contributed by atoms with Crippen molar-refractivity contribution in [1.29, 1.82) is 0 Å². The van der Waals surface area contributed by atoms with Gasteiger partial charge in [0.05, 0.1) is 18.8 Å². The number of ketones is 1. The van der Waals surface area contributed by atoms with Gasteiger partial charge in [0.1, 0.15) is 6.04 Å². The second-order valence-corrected chi connectivity index (χ2v) is 10.4. The summed E-state index contributed by atoms with van der Waals surface area (Å²) in [6.45, 7) is 3.34. The molecule has 1 fully saturated rings. The number of sulfonamides is 1. The van der Waals surface area contributed by atoms with Crippen LogP contribution in [0, 0.1) is 11.1 Å². The monoisotopic (exact) mass is 492 g/mol. The third kappa shape index (κ3) is 6.00. The van der Waals surface area contributed by atoms with Crippen molar-refractivity contribution in [2.75, 3.05) is 13.1 Å². The van der Waals surface area contributed by atoms with Crippen LogP contribution in [0.25, 0.3) is 0 Å². The molecule has 11 nitrogen and oxygen atoms in total. The maximum Gasteiger partial charge on any atom is 0.323 e. The highest BCUT2D eigenvalue weighted by Gasteiger charge is 2.37. The van der Waals surface area contributed by atoms with Gasteiger partial charge < -0.3 is 20.3 Å². The number of hydrogen-bond acceptors (Lipinski definition) is 7. The van der Waals surface area contributed by atoms with Crippen LogP contribution in [-0.2, 0) is 19.6 Å². The fourth-order valence-electron chi connectivity index (χ4n) is 3.71. The van der Waals surface area contributed by atoms with Gasteiger partial charge in [0.25, 0.3) is 5.91 Å². The lowest BCUT2D eigenvalue weighted by molar-refractivity contribution is -0.646. The molecule has 1 unspecified atom stereocenters. The minimum absolute atomic E-state index is 0.0278. The van der Waals surface area contributed by atoms with Crippen LogP contribution < -0.4 is 15.4 Å². The predicted molar refractivity (Wildman–Crippen MR) is 120 cm³/mol. The Balaban J connectivity index is 1.70. The summed E-state index contributed by atoms with van der Waals surface area (Å²) < 4.78 is 32.1. The van der Waals surface area contributed by atoms with Crippen LogP contribution in [0.3, 0.4) is 0 Å². The maximum atomic E-state index is 13.0. The van der Waals surface area contributed by atoms with E-state index in [0.717, 1.165) is 10.5 Å². The molecular weight excluding hydrogens is 464 g/mol. The summed E-state index contributed by atoms with van der Waals surface area (Å²) in [6, 6.07) is 5.21. The number of rotatable bonds is 8. The van der Waals surface area contributed by atoms with E-state index in [1.165, 1.54) is 30.5 Å². The average molecular weight is 493 g/mol. The fraction of sp³-hybridized carbons (Fsp3) is 0.455. The molecule has 0 saturated carbocycles.